The average Bonchev–Trinajstić information content (AvgIpc) is 2.13. The molecule has 0 aromatic carbocycles. The van der Waals surface area contributed by atoms with Gasteiger partial charge in [0.2, 0.25) is 11.8 Å². The monoisotopic (exact) mass is 255 g/mol. The number of hydrogen-bond donors (Lipinski definition) is 3. The van der Waals surface area contributed by atoms with Crippen molar-refractivity contribution in [2.45, 2.75) is 69.9 Å². The minimum Gasteiger partial charge on any atom is -0.370 e. The van der Waals surface area contributed by atoms with E-state index in [4.69, 9.17) is 11.5 Å². The number of nitrogens with two attached hydrogens (primary N) is 2. The molecule has 0 aromatic heterocycles. The molecule has 0 atom stereocenters. The van der Waals surface area contributed by atoms with Gasteiger partial charge in [-0.15, -0.1) is 0 Å². The quantitative estimate of drug-likeness (QED) is 0.678. The van der Waals surface area contributed by atoms with Crippen LogP contribution >= 0.6 is 0 Å². The van der Waals surface area contributed by atoms with Crippen LogP contribution in [0.5, 0.6) is 0 Å². The number of rotatable bonds is 5. The fourth-order valence-electron chi connectivity index (χ4n) is 2.65. The van der Waals surface area contributed by atoms with Crippen molar-refractivity contribution in [3.63, 3.8) is 0 Å². The smallest absolute Gasteiger partial charge is 0.222 e. The lowest BCUT2D eigenvalue weighted by Gasteiger charge is -2.34. The molecule has 104 valence electrons. The molecule has 1 saturated carbocycles. The number of amides is 2. The molecule has 0 saturated heterocycles. The Bertz CT molecular complexity index is 320. The predicted molar refractivity (Wildman–Crippen MR) is 70.7 cm³/mol. The van der Waals surface area contributed by atoms with E-state index in [1.165, 1.54) is 6.42 Å². The molecule has 18 heavy (non-hydrogen) atoms. The summed E-state index contributed by atoms with van der Waals surface area (Å²) in [6.45, 7) is 3.58. The lowest BCUT2D eigenvalue weighted by molar-refractivity contribution is -0.125. The van der Waals surface area contributed by atoms with Crippen molar-refractivity contribution in [2.75, 3.05) is 0 Å². The van der Waals surface area contributed by atoms with Gasteiger partial charge in [0.1, 0.15) is 0 Å². The Balaban J connectivity index is 2.47. The minimum atomic E-state index is -0.603. The van der Waals surface area contributed by atoms with Crippen LogP contribution in [0, 0.1) is 0 Å². The third-order valence-corrected chi connectivity index (χ3v) is 3.46. The van der Waals surface area contributed by atoms with E-state index >= 15 is 0 Å². The minimum absolute atomic E-state index is 0.0920. The van der Waals surface area contributed by atoms with Gasteiger partial charge in [-0.1, -0.05) is 19.3 Å². The van der Waals surface area contributed by atoms with Gasteiger partial charge in [-0.05, 0) is 26.7 Å². The van der Waals surface area contributed by atoms with Crippen LogP contribution < -0.4 is 16.8 Å². The highest BCUT2D eigenvalue weighted by molar-refractivity contribution is 5.80. The average molecular weight is 255 g/mol. The number of carbonyl (C=O) groups excluding carboxylic acids is 2. The first-order valence-electron chi connectivity index (χ1n) is 6.61. The van der Waals surface area contributed by atoms with E-state index in [2.05, 4.69) is 5.32 Å². The van der Waals surface area contributed by atoms with Crippen LogP contribution in [0.15, 0.2) is 0 Å². The van der Waals surface area contributed by atoms with Gasteiger partial charge in [0.25, 0.3) is 0 Å². The Morgan fingerprint density at radius 3 is 2.28 bits per heavy atom. The summed E-state index contributed by atoms with van der Waals surface area (Å²) in [6.07, 6.45) is 5.65. The molecule has 2 amide bonds. The number of primary amides is 1. The summed E-state index contributed by atoms with van der Waals surface area (Å²) < 4.78 is 0. The fraction of sp³-hybridized carbons (Fsp3) is 0.846. The zero-order valence-electron chi connectivity index (χ0n) is 11.4. The van der Waals surface area contributed by atoms with Gasteiger partial charge in [0.05, 0.1) is 0 Å². The molecule has 0 aromatic rings. The van der Waals surface area contributed by atoms with E-state index in [0.717, 1.165) is 25.7 Å². The highest BCUT2D eigenvalue weighted by atomic mass is 16.2. The predicted octanol–water partition coefficient (Wildman–Crippen LogP) is 0.808. The highest BCUT2D eigenvalue weighted by Gasteiger charge is 2.32. The molecular formula is C13H25N3O2. The Morgan fingerprint density at radius 1 is 1.22 bits per heavy atom. The fourth-order valence-corrected chi connectivity index (χ4v) is 2.65. The summed E-state index contributed by atoms with van der Waals surface area (Å²) >= 11 is 0. The summed E-state index contributed by atoms with van der Waals surface area (Å²) in [5.74, 6) is -0.508. The van der Waals surface area contributed by atoms with Crippen LogP contribution in [0.1, 0.15) is 58.8 Å². The summed E-state index contributed by atoms with van der Waals surface area (Å²) in [7, 11) is 0. The summed E-state index contributed by atoms with van der Waals surface area (Å²) in [4.78, 5) is 22.9. The van der Waals surface area contributed by atoms with E-state index < -0.39 is 11.4 Å². The third kappa shape index (κ3) is 5.04. The largest absolute Gasteiger partial charge is 0.370 e. The standard InChI is InChI=1S/C13H25N3O2/c1-12(2,8-10(14)17)16-11(18)9-13(15)6-4-3-5-7-13/h3-9,15H2,1-2H3,(H2,14,17)(H,16,18). The Kier molecular flexibility index (Phi) is 4.73. The Morgan fingerprint density at radius 2 is 1.78 bits per heavy atom. The molecule has 0 spiro atoms. The molecule has 0 aliphatic heterocycles. The molecule has 1 fully saturated rings. The highest BCUT2D eigenvalue weighted by Crippen LogP contribution is 2.28. The summed E-state index contributed by atoms with van der Waals surface area (Å²) in [6, 6.07) is 0. The van der Waals surface area contributed by atoms with Crippen molar-refractivity contribution in [1.82, 2.24) is 5.32 Å². The molecule has 0 radical (unpaired) electrons. The van der Waals surface area contributed by atoms with E-state index in [1.807, 2.05) is 0 Å². The topological polar surface area (TPSA) is 98.2 Å². The molecular weight excluding hydrogens is 230 g/mol. The van der Waals surface area contributed by atoms with Crippen molar-refractivity contribution in [2.24, 2.45) is 11.5 Å². The van der Waals surface area contributed by atoms with Crippen molar-refractivity contribution >= 4 is 11.8 Å². The van der Waals surface area contributed by atoms with Gasteiger partial charge >= 0.3 is 0 Å². The van der Waals surface area contributed by atoms with Crippen LogP contribution in [0.3, 0.4) is 0 Å². The van der Waals surface area contributed by atoms with Gasteiger partial charge in [-0.3, -0.25) is 9.59 Å². The van der Waals surface area contributed by atoms with Crippen LogP contribution in [0.25, 0.3) is 0 Å². The molecule has 5 heteroatoms. The number of nitrogens with one attached hydrogen (secondary N) is 1. The van der Waals surface area contributed by atoms with Crippen molar-refractivity contribution in [1.29, 1.82) is 0 Å². The summed E-state index contributed by atoms with van der Waals surface area (Å²) in [5.41, 5.74) is 10.4. The molecule has 5 N–H and O–H groups in total. The van der Waals surface area contributed by atoms with Crippen molar-refractivity contribution < 1.29 is 9.59 Å². The molecule has 1 rings (SSSR count). The maximum atomic E-state index is 12.0. The first kappa shape index (κ1) is 15.0. The SMILES string of the molecule is CC(C)(CC(N)=O)NC(=O)CC1(N)CCCCC1. The lowest BCUT2D eigenvalue weighted by atomic mass is 9.80. The summed E-state index contributed by atoms with van der Waals surface area (Å²) in [5, 5.41) is 2.84. The van der Waals surface area contributed by atoms with Gasteiger partial charge in [-0.25, -0.2) is 0 Å². The lowest BCUT2D eigenvalue weighted by Crippen LogP contribution is -2.51. The van der Waals surface area contributed by atoms with Gasteiger partial charge in [-0.2, -0.15) is 0 Å². The van der Waals surface area contributed by atoms with Crippen molar-refractivity contribution in [3.05, 3.63) is 0 Å². The molecule has 0 bridgehead atoms. The zero-order chi connectivity index (χ0) is 13.8. The van der Waals surface area contributed by atoms with E-state index in [0.29, 0.717) is 6.42 Å². The number of carbonyl (C=O) groups is 2. The second kappa shape index (κ2) is 5.69. The molecule has 0 heterocycles. The van der Waals surface area contributed by atoms with Gasteiger partial charge in [0, 0.05) is 23.9 Å². The Labute approximate surface area is 109 Å². The Hall–Kier alpha value is -1.10. The maximum absolute atomic E-state index is 12.0. The van der Waals surface area contributed by atoms with Gasteiger partial charge in [0.15, 0.2) is 0 Å². The molecule has 0 unspecified atom stereocenters. The van der Waals surface area contributed by atoms with Gasteiger partial charge < -0.3 is 16.8 Å². The van der Waals surface area contributed by atoms with E-state index in [-0.39, 0.29) is 17.9 Å². The molecule has 1 aliphatic rings. The van der Waals surface area contributed by atoms with E-state index in [9.17, 15) is 9.59 Å². The van der Waals surface area contributed by atoms with Crippen LogP contribution in [-0.2, 0) is 9.59 Å². The van der Waals surface area contributed by atoms with Crippen LogP contribution in [0.2, 0.25) is 0 Å². The zero-order valence-corrected chi connectivity index (χ0v) is 11.4. The van der Waals surface area contributed by atoms with E-state index in [1.54, 1.807) is 13.8 Å². The second-order valence-corrected chi connectivity index (χ2v) is 6.17. The molecule has 5 nitrogen and oxygen atoms in total. The molecule has 1 aliphatic carbocycles. The third-order valence-electron chi connectivity index (χ3n) is 3.46. The number of hydrogen-bond acceptors (Lipinski definition) is 3. The maximum Gasteiger partial charge on any atom is 0.222 e. The first-order chi connectivity index (χ1) is 8.22. The first-order valence-corrected chi connectivity index (χ1v) is 6.61. The normalized spacial score (nSPS) is 19.3. The van der Waals surface area contributed by atoms with Crippen molar-refractivity contribution in [3.8, 4) is 0 Å². The van der Waals surface area contributed by atoms with Crippen LogP contribution in [0.4, 0.5) is 0 Å². The second-order valence-electron chi connectivity index (χ2n) is 6.17. The van der Waals surface area contributed by atoms with Crippen LogP contribution in [-0.4, -0.2) is 22.9 Å².